The monoisotopic (exact) mass is 451 g/mol. The van der Waals surface area contributed by atoms with Gasteiger partial charge in [0.05, 0.1) is 10.5 Å². The zero-order valence-corrected chi connectivity index (χ0v) is 19.1. The number of aromatic nitrogens is 2. The number of hydrogen-bond acceptors (Lipinski definition) is 3. The van der Waals surface area contributed by atoms with Crippen molar-refractivity contribution >= 4 is 34.2 Å². The van der Waals surface area contributed by atoms with Crippen LogP contribution in [0.5, 0.6) is 0 Å². The van der Waals surface area contributed by atoms with E-state index in [-0.39, 0.29) is 11.7 Å². The first-order chi connectivity index (χ1) is 15.3. The molecule has 2 aromatic heterocycles. The number of hydrogen-bond donors (Lipinski definition) is 1. The van der Waals surface area contributed by atoms with Crippen molar-refractivity contribution in [2.75, 3.05) is 5.32 Å². The minimum Gasteiger partial charge on any atom is -0.310 e. The second kappa shape index (κ2) is 8.11. The van der Waals surface area contributed by atoms with E-state index in [4.69, 9.17) is 11.6 Å². The first-order valence-electron chi connectivity index (χ1n) is 11.3. The van der Waals surface area contributed by atoms with Crippen LogP contribution in [0.2, 0.25) is 5.02 Å². The highest BCUT2D eigenvalue weighted by Gasteiger charge is 2.49. The predicted octanol–water partition coefficient (Wildman–Crippen LogP) is 6.61. The van der Waals surface area contributed by atoms with Gasteiger partial charge in [-0.15, -0.1) is 0 Å². The summed E-state index contributed by atoms with van der Waals surface area (Å²) in [4.78, 5) is 21.7. The second-order valence-corrected chi connectivity index (χ2v) is 10.4. The molecule has 2 saturated carbocycles. The van der Waals surface area contributed by atoms with Gasteiger partial charge in [0.1, 0.15) is 11.6 Å². The average molecular weight is 452 g/mol. The van der Waals surface area contributed by atoms with Gasteiger partial charge in [-0.1, -0.05) is 25.4 Å². The van der Waals surface area contributed by atoms with Crippen molar-refractivity contribution in [3.05, 3.63) is 65.2 Å². The van der Waals surface area contributed by atoms with Gasteiger partial charge in [0, 0.05) is 23.2 Å². The molecular formula is C26H27ClFN3O. The fraction of sp³-hybridized carbons (Fsp3) is 0.423. The Morgan fingerprint density at radius 2 is 1.81 bits per heavy atom. The van der Waals surface area contributed by atoms with E-state index in [1.54, 1.807) is 30.5 Å². The van der Waals surface area contributed by atoms with Gasteiger partial charge in [-0.3, -0.25) is 9.78 Å². The third kappa shape index (κ3) is 3.88. The van der Waals surface area contributed by atoms with Crippen molar-refractivity contribution in [2.45, 2.75) is 45.4 Å². The molecule has 5 rings (SSSR count). The number of pyridine rings is 2. The predicted molar refractivity (Wildman–Crippen MR) is 125 cm³/mol. The summed E-state index contributed by atoms with van der Waals surface area (Å²) >= 11 is 5.89. The Morgan fingerprint density at radius 1 is 1.06 bits per heavy atom. The molecule has 1 N–H and O–H groups in total. The lowest BCUT2D eigenvalue weighted by molar-refractivity contribution is -0.126. The van der Waals surface area contributed by atoms with E-state index in [0.29, 0.717) is 34.5 Å². The number of carbonyl (C=O) groups is 1. The van der Waals surface area contributed by atoms with Crippen molar-refractivity contribution in [2.24, 2.45) is 23.2 Å². The summed E-state index contributed by atoms with van der Waals surface area (Å²) in [6.45, 7) is 4.08. The van der Waals surface area contributed by atoms with Crippen LogP contribution in [0.1, 0.15) is 51.0 Å². The number of halogens is 2. The summed E-state index contributed by atoms with van der Waals surface area (Å²) in [7, 11) is 0. The Morgan fingerprint density at radius 3 is 2.50 bits per heavy atom. The number of rotatable bonds is 4. The van der Waals surface area contributed by atoms with Crippen molar-refractivity contribution in [1.29, 1.82) is 0 Å². The van der Waals surface area contributed by atoms with Crippen LogP contribution in [-0.2, 0) is 4.79 Å². The van der Waals surface area contributed by atoms with Crippen molar-refractivity contribution in [3.8, 4) is 0 Å². The molecule has 0 aliphatic heterocycles. The average Bonchev–Trinajstić information content (AvgIpc) is 3.34. The normalized spacial score (nSPS) is 25.1. The molecule has 1 unspecified atom stereocenters. The standard InChI is InChI=1S/C26H27ClFN3O/c1-26(2,25(32)31-24-6-3-19(27)14-30-24)18-11-15-9-17(10-16(15)12-18)21-7-8-29-23-5-4-20(28)13-22(21)23/h3-8,13-18H,9-12H2,1-2H3,(H,30,31,32)/t15-,16?,17-,18+/m1/s1. The summed E-state index contributed by atoms with van der Waals surface area (Å²) in [5.41, 5.74) is 1.59. The van der Waals surface area contributed by atoms with Crippen LogP contribution in [-0.4, -0.2) is 15.9 Å². The van der Waals surface area contributed by atoms with Crippen molar-refractivity contribution in [3.63, 3.8) is 0 Å². The van der Waals surface area contributed by atoms with Gasteiger partial charge in [-0.25, -0.2) is 9.37 Å². The van der Waals surface area contributed by atoms with Crippen molar-refractivity contribution < 1.29 is 9.18 Å². The maximum Gasteiger partial charge on any atom is 0.231 e. The number of nitrogens with one attached hydrogen (secondary N) is 1. The molecule has 32 heavy (non-hydrogen) atoms. The molecule has 3 aromatic rings. The maximum absolute atomic E-state index is 13.9. The Labute approximate surface area is 192 Å². The van der Waals surface area contributed by atoms with Gasteiger partial charge >= 0.3 is 0 Å². The Hall–Kier alpha value is -2.53. The SMILES string of the molecule is CC(C)(C(=O)Nc1ccc(Cl)cn1)[C@@H]1CC2C[C@H](c3ccnc4ccc(F)cc34)C[C@@H]2C1. The van der Waals surface area contributed by atoms with E-state index in [9.17, 15) is 9.18 Å². The molecule has 2 fully saturated rings. The van der Waals surface area contributed by atoms with Gasteiger partial charge in [0.15, 0.2) is 0 Å². The molecule has 0 spiro atoms. The molecular weight excluding hydrogens is 425 g/mol. The fourth-order valence-electron chi connectivity index (χ4n) is 5.87. The zero-order chi connectivity index (χ0) is 22.5. The highest BCUT2D eigenvalue weighted by atomic mass is 35.5. The van der Waals surface area contributed by atoms with Gasteiger partial charge in [0.2, 0.25) is 5.91 Å². The smallest absolute Gasteiger partial charge is 0.231 e. The zero-order valence-electron chi connectivity index (χ0n) is 18.3. The minimum atomic E-state index is -0.479. The molecule has 4 nitrogen and oxygen atoms in total. The van der Waals surface area contributed by atoms with Gasteiger partial charge in [0.25, 0.3) is 0 Å². The van der Waals surface area contributed by atoms with E-state index in [0.717, 1.165) is 36.6 Å². The minimum absolute atomic E-state index is 0.00412. The molecule has 0 radical (unpaired) electrons. The molecule has 1 amide bonds. The maximum atomic E-state index is 13.9. The first-order valence-corrected chi connectivity index (χ1v) is 11.7. The quantitative estimate of drug-likeness (QED) is 0.485. The topological polar surface area (TPSA) is 54.9 Å². The fourth-order valence-corrected chi connectivity index (χ4v) is 5.98. The number of amides is 1. The van der Waals surface area contributed by atoms with Crippen LogP contribution < -0.4 is 5.32 Å². The highest BCUT2D eigenvalue weighted by molar-refractivity contribution is 6.30. The lowest BCUT2D eigenvalue weighted by atomic mass is 9.75. The summed E-state index contributed by atoms with van der Waals surface area (Å²) in [6, 6.07) is 10.4. The Bertz CT molecular complexity index is 1150. The number of fused-ring (bicyclic) bond motifs is 2. The van der Waals surface area contributed by atoms with Crippen LogP contribution in [0.3, 0.4) is 0 Å². The largest absolute Gasteiger partial charge is 0.310 e. The van der Waals surface area contributed by atoms with Crippen LogP contribution in [0.25, 0.3) is 10.9 Å². The lowest BCUT2D eigenvalue weighted by Gasteiger charge is -2.31. The lowest BCUT2D eigenvalue weighted by Crippen LogP contribution is -2.37. The van der Waals surface area contributed by atoms with Crippen LogP contribution in [0.15, 0.2) is 48.8 Å². The third-order valence-corrected chi connectivity index (χ3v) is 7.99. The van der Waals surface area contributed by atoms with Gasteiger partial charge in [-0.05, 0) is 91.3 Å². The van der Waals surface area contributed by atoms with Crippen molar-refractivity contribution in [1.82, 2.24) is 9.97 Å². The number of nitrogens with zero attached hydrogens (tertiary/aromatic N) is 2. The van der Waals surface area contributed by atoms with E-state index >= 15 is 0 Å². The highest BCUT2D eigenvalue weighted by Crippen LogP contribution is 2.56. The van der Waals surface area contributed by atoms with Gasteiger partial charge in [-0.2, -0.15) is 0 Å². The first kappa shape index (κ1) is 21.3. The van der Waals surface area contributed by atoms with Crippen LogP contribution in [0, 0.1) is 29.0 Å². The second-order valence-electron chi connectivity index (χ2n) is 9.96. The molecule has 0 saturated heterocycles. The summed E-state index contributed by atoms with van der Waals surface area (Å²) in [5, 5.41) is 4.44. The van der Waals surface area contributed by atoms with Crippen LogP contribution in [0.4, 0.5) is 10.2 Å². The molecule has 0 bridgehead atoms. The molecule has 2 aliphatic rings. The van der Waals surface area contributed by atoms with Crippen LogP contribution >= 0.6 is 11.6 Å². The summed E-state index contributed by atoms with van der Waals surface area (Å²) in [6.07, 6.45) is 7.66. The Balaban J connectivity index is 1.28. The molecule has 4 atom stereocenters. The van der Waals surface area contributed by atoms with E-state index in [1.165, 1.54) is 11.6 Å². The molecule has 2 heterocycles. The Kier molecular flexibility index (Phi) is 5.40. The van der Waals surface area contributed by atoms with E-state index < -0.39 is 5.41 Å². The third-order valence-electron chi connectivity index (χ3n) is 7.77. The molecule has 166 valence electrons. The summed E-state index contributed by atoms with van der Waals surface area (Å²) < 4.78 is 13.9. The number of benzene rings is 1. The molecule has 6 heteroatoms. The molecule has 2 aliphatic carbocycles. The number of carbonyl (C=O) groups excluding carboxylic acids is 1. The van der Waals surface area contributed by atoms with E-state index in [2.05, 4.69) is 21.4 Å². The van der Waals surface area contributed by atoms with Gasteiger partial charge < -0.3 is 5.32 Å². The van der Waals surface area contributed by atoms with E-state index in [1.807, 2.05) is 20.0 Å². The molecule has 1 aromatic carbocycles. The number of anilines is 1. The summed E-state index contributed by atoms with van der Waals surface area (Å²) in [5.74, 6) is 2.27.